The Labute approximate surface area is 253 Å². The first-order valence-electron chi connectivity index (χ1n) is 14.2. The minimum absolute atomic E-state index is 0.0150. The SMILES string of the molecule is CCCCOc1ccc(C2/C(=C(/O)c3ccc4c(c3)CC(C)O4)C(=O)C(=O)N2c2nc3ccc(OC)cc3s2)cc1OC. The van der Waals surface area contributed by atoms with E-state index in [0.717, 1.165) is 28.9 Å². The lowest BCUT2D eigenvalue weighted by Gasteiger charge is -2.24. The van der Waals surface area contributed by atoms with Crippen molar-refractivity contribution in [2.75, 3.05) is 25.7 Å². The van der Waals surface area contributed by atoms with Crippen LogP contribution in [0.5, 0.6) is 23.0 Å². The Bertz CT molecular complexity index is 1760. The van der Waals surface area contributed by atoms with Gasteiger partial charge in [0, 0.05) is 12.0 Å². The van der Waals surface area contributed by atoms with Crippen LogP contribution in [-0.4, -0.2) is 48.7 Å². The third-order valence-corrected chi connectivity index (χ3v) is 8.68. The molecular weight excluding hydrogens is 568 g/mol. The standard InChI is InChI=1S/C33H32N2O7S/c1-5-6-13-41-25-12-7-19(16-26(25)40-4)29-28(30(36)20-8-11-24-21(15-20)14-18(2)42-24)31(37)32(38)35(29)33-34-23-10-9-22(39-3)17-27(23)43-33/h7-12,15-18,29,36H,5-6,13-14H2,1-4H3/b30-28-. The lowest BCUT2D eigenvalue weighted by molar-refractivity contribution is -0.132. The fourth-order valence-corrected chi connectivity index (χ4v) is 6.51. The molecule has 2 aliphatic rings. The Kier molecular flexibility index (Phi) is 7.70. The van der Waals surface area contributed by atoms with Crippen molar-refractivity contribution in [1.29, 1.82) is 0 Å². The maximum Gasteiger partial charge on any atom is 0.301 e. The molecule has 1 amide bonds. The maximum absolute atomic E-state index is 13.8. The predicted molar refractivity (Wildman–Crippen MR) is 165 cm³/mol. The molecule has 1 N–H and O–H groups in total. The molecule has 222 valence electrons. The number of carbonyl (C=O) groups excluding carboxylic acids is 2. The zero-order valence-corrected chi connectivity index (χ0v) is 25.2. The summed E-state index contributed by atoms with van der Waals surface area (Å²) in [6, 6.07) is 15.1. The normalized spacial score (nSPS) is 19.0. The number of Topliss-reactive ketones (excluding diaryl/α,β-unsaturated/α-hetero) is 1. The van der Waals surface area contributed by atoms with Crippen LogP contribution in [0.4, 0.5) is 5.13 Å². The van der Waals surface area contributed by atoms with Gasteiger partial charge in [0.2, 0.25) is 0 Å². The first kappa shape index (κ1) is 28.5. The number of amides is 1. The zero-order chi connectivity index (χ0) is 30.2. The van der Waals surface area contributed by atoms with E-state index in [9.17, 15) is 14.7 Å². The van der Waals surface area contributed by atoms with E-state index in [-0.39, 0.29) is 17.4 Å². The van der Waals surface area contributed by atoms with Crippen LogP contribution in [0, 0.1) is 0 Å². The number of thiazole rings is 1. The van der Waals surface area contributed by atoms with Gasteiger partial charge in [-0.1, -0.05) is 30.7 Å². The van der Waals surface area contributed by atoms with E-state index >= 15 is 0 Å². The van der Waals surface area contributed by atoms with Crippen molar-refractivity contribution < 1.29 is 33.6 Å². The summed E-state index contributed by atoms with van der Waals surface area (Å²) in [6.45, 7) is 4.58. The molecular formula is C33H32N2O7S. The van der Waals surface area contributed by atoms with Crippen molar-refractivity contribution in [2.45, 2.75) is 45.3 Å². The number of carbonyl (C=O) groups is 2. The molecule has 2 atom stereocenters. The number of aliphatic hydroxyl groups excluding tert-OH is 1. The Morgan fingerprint density at radius 3 is 2.67 bits per heavy atom. The van der Waals surface area contributed by atoms with Crippen LogP contribution in [0.15, 0.2) is 60.2 Å². The van der Waals surface area contributed by atoms with Gasteiger partial charge in [-0.05, 0) is 73.0 Å². The van der Waals surface area contributed by atoms with Gasteiger partial charge in [0.25, 0.3) is 5.78 Å². The van der Waals surface area contributed by atoms with Crippen molar-refractivity contribution in [3.63, 3.8) is 0 Å². The Hall–Kier alpha value is -4.57. The number of hydrogen-bond acceptors (Lipinski definition) is 9. The average Bonchev–Trinajstić information content (AvgIpc) is 3.68. The van der Waals surface area contributed by atoms with Crippen molar-refractivity contribution in [3.8, 4) is 23.0 Å². The van der Waals surface area contributed by atoms with Crippen molar-refractivity contribution in [1.82, 2.24) is 4.98 Å². The van der Waals surface area contributed by atoms with Gasteiger partial charge in [-0.25, -0.2) is 4.98 Å². The average molecular weight is 601 g/mol. The highest BCUT2D eigenvalue weighted by Gasteiger charge is 2.48. The second-order valence-corrected chi connectivity index (χ2v) is 11.6. The molecule has 1 aromatic heterocycles. The Balaban J connectivity index is 1.50. The van der Waals surface area contributed by atoms with Crippen LogP contribution in [0.1, 0.15) is 49.4 Å². The highest BCUT2D eigenvalue weighted by atomic mass is 32.1. The molecule has 0 aliphatic carbocycles. The largest absolute Gasteiger partial charge is 0.507 e. The summed E-state index contributed by atoms with van der Waals surface area (Å²) in [5, 5.41) is 12.0. The number of aromatic nitrogens is 1. The van der Waals surface area contributed by atoms with E-state index in [4.69, 9.17) is 23.9 Å². The van der Waals surface area contributed by atoms with Gasteiger partial charge >= 0.3 is 5.91 Å². The summed E-state index contributed by atoms with van der Waals surface area (Å²) in [6.07, 6.45) is 2.57. The number of methoxy groups -OCH3 is 2. The van der Waals surface area contributed by atoms with Gasteiger partial charge in [-0.2, -0.15) is 0 Å². The number of nitrogens with zero attached hydrogens (tertiary/aromatic N) is 2. The zero-order valence-electron chi connectivity index (χ0n) is 24.4. The van der Waals surface area contributed by atoms with Crippen LogP contribution in [0.2, 0.25) is 0 Å². The number of hydrogen-bond donors (Lipinski definition) is 1. The highest BCUT2D eigenvalue weighted by molar-refractivity contribution is 7.22. The van der Waals surface area contributed by atoms with Crippen molar-refractivity contribution >= 4 is 44.1 Å². The molecule has 2 unspecified atom stereocenters. The quantitative estimate of drug-likeness (QED) is 0.101. The molecule has 2 aliphatic heterocycles. The van der Waals surface area contributed by atoms with Crippen LogP contribution >= 0.6 is 11.3 Å². The van der Waals surface area contributed by atoms with Crippen LogP contribution in [0.3, 0.4) is 0 Å². The monoisotopic (exact) mass is 600 g/mol. The second-order valence-electron chi connectivity index (χ2n) is 10.6. The van der Waals surface area contributed by atoms with E-state index < -0.39 is 17.7 Å². The third kappa shape index (κ3) is 5.16. The lowest BCUT2D eigenvalue weighted by atomic mass is 9.94. The summed E-state index contributed by atoms with van der Waals surface area (Å²) < 4.78 is 23.6. The minimum atomic E-state index is -0.968. The molecule has 3 heterocycles. The molecule has 0 bridgehead atoms. The lowest BCUT2D eigenvalue weighted by Crippen LogP contribution is -2.29. The highest BCUT2D eigenvalue weighted by Crippen LogP contribution is 2.46. The minimum Gasteiger partial charge on any atom is -0.507 e. The molecule has 3 aromatic carbocycles. The van der Waals surface area contributed by atoms with E-state index in [1.165, 1.54) is 23.3 Å². The smallest absolute Gasteiger partial charge is 0.301 e. The maximum atomic E-state index is 13.8. The van der Waals surface area contributed by atoms with Crippen LogP contribution in [0.25, 0.3) is 16.0 Å². The molecule has 6 rings (SSSR count). The third-order valence-electron chi connectivity index (χ3n) is 7.66. The van der Waals surface area contributed by atoms with Gasteiger partial charge in [-0.15, -0.1) is 0 Å². The molecule has 0 radical (unpaired) electrons. The number of ketones is 1. The van der Waals surface area contributed by atoms with Gasteiger partial charge < -0.3 is 24.1 Å². The van der Waals surface area contributed by atoms with Crippen molar-refractivity contribution in [3.05, 3.63) is 76.9 Å². The molecule has 0 spiro atoms. The summed E-state index contributed by atoms with van der Waals surface area (Å²) in [4.78, 5) is 33.6. The van der Waals surface area contributed by atoms with E-state index in [2.05, 4.69) is 6.92 Å². The van der Waals surface area contributed by atoms with Crippen molar-refractivity contribution in [2.24, 2.45) is 0 Å². The van der Waals surface area contributed by atoms with Crippen LogP contribution in [-0.2, 0) is 16.0 Å². The van der Waals surface area contributed by atoms with E-state index in [1.807, 2.05) is 19.1 Å². The second kappa shape index (κ2) is 11.6. The number of benzene rings is 3. The van der Waals surface area contributed by atoms with E-state index in [1.54, 1.807) is 49.6 Å². The number of rotatable bonds is 9. The molecule has 43 heavy (non-hydrogen) atoms. The molecule has 9 nitrogen and oxygen atoms in total. The number of fused-ring (bicyclic) bond motifs is 2. The van der Waals surface area contributed by atoms with Gasteiger partial charge in [0.15, 0.2) is 16.6 Å². The topological polar surface area (TPSA) is 107 Å². The molecule has 1 saturated heterocycles. The Morgan fingerprint density at radius 1 is 1.07 bits per heavy atom. The molecule has 0 saturated carbocycles. The van der Waals surface area contributed by atoms with Gasteiger partial charge in [-0.3, -0.25) is 14.5 Å². The summed E-state index contributed by atoms with van der Waals surface area (Å²) in [5.74, 6) is 0.560. The summed E-state index contributed by atoms with van der Waals surface area (Å²) >= 11 is 1.27. The van der Waals surface area contributed by atoms with E-state index in [0.29, 0.717) is 52.1 Å². The Morgan fingerprint density at radius 2 is 1.91 bits per heavy atom. The molecule has 10 heteroatoms. The summed E-state index contributed by atoms with van der Waals surface area (Å²) in [7, 11) is 3.12. The number of unbranched alkanes of at least 4 members (excludes halogenated alkanes) is 1. The number of anilines is 1. The molecule has 1 fully saturated rings. The fourth-order valence-electron chi connectivity index (χ4n) is 5.49. The van der Waals surface area contributed by atoms with Gasteiger partial charge in [0.1, 0.15) is 23.4 Å². The molecule has 4 aromatic rings. The first-order valence-corrected chi connectivity index (χ1v) is 15.0. The number of aliphatic hydroxyl groups is 1. The predicted octanol–water partition coefficient (Wildman–Crippen LogP) is 6.44. The summed E-state index contributed by atoms with van der Waals surface area (Å²) in [5.41, 5.74) is 2.55. The number of ether oxygens (including phenoxy) is 4. The fraction of sp³-hybridized carbons (Fsp3) is 0.303. The van der Waals surface area contributed by atoms with Gasteiger partial charge in [0.05, 0.1) is 42.7 Å². The first-order chi connectivity index (χ1) is 20.8. The van der Waals surface area contributed by atoms with Crippen LogP contribution < -0.4 is 23.8 Å².